The molecule has 1 spiro atoms. The Kier molecular flexibility index (Phi) is 12.2. The fourth-order valence-corrected chi connectivity index (χ4v) is 16.9. The van der Waals surface area contributed by atoms with Gasteiger partial charge in [0.2, 0.25) is 0 Å². The van der Waals surface area contributed by atoms with Crippen molar-refractivity contribution in [3.8, 4) is 84.4 Å². The van der Waals surface area contributed by atoms with Crippen molar-refractivity contribution in [2.24, 2.45) is 0 Å². The Bertz CT molecular complexity index is 6480. The Morgan fingerprint density at radius 2 is 0.710 bits per heavy atom. The highest BCUT2D eigenvalue weighted by Gasteiger charge is 2.52. The van der Waals surface area contributed by atoms with E-state index >= 15 is 0 Å². The normalized spacial score (nSPS) is 12.7. The molecule has 0 unspecified atom stereocenters. The Balaban J connectivity index is 0.803. The molecule has 6 nitrogen and oxygen atoms in total. The van der Waals surface area contributed by atoms with E-state index in [0.29, 0.717) is 17.5 Å². The van der Waals surface area contributed by atoms with E-state index < -0.39 is 5.41 Å². The molecule has 0 aliphatic heterocycles. The molecule has 0 radical (unpaired) electrons. The van der Waals surface area contributed by atoms with Gasteiger partial charge in [-0.15, -0.1) is 0 Å². The number of anilines is 3. The topological polar surface area (TPSA) is 60.0 Å². The highest BCUT2D eigenvalue weighted by atomic mass is 16.3. The summed E-state index contributed by atoms with van der Waals surface area (Å²) in [5, 5.41) is 11.5. The largest absolute Gasteiger partial charge is 0.455 e. The zero-order chi connectivity index (χ0) is 65.6. The van der Waals surface area contributed by atoms with Gasteiger partial charge in [-0.1, -0.05) is 273 Å². The number of hydrogen-bond donors (Lipinski definition) is 0. The van der Waals surface area contributed by atoms with Crippen molar-refractivity contribution < 1.29 is 4.42 Å². The first kappa shape index (κ1) is 55.9. The summed E-state index contributed by atoms with van der Waals surface area (Å²) in [6, 6.07) is 126. The van der Waals surface area contributed by atoms with Gasteiger partial charge in [0.05, 0.1) is 22.1 Å². The molecule has 100 heavy (non-hydrogen) atoms. The van der Waals surface area contributed by atoms with Crippen LogP contribution in [0.4, 0.5) is 17.1 Å². The minimum absolute atomic E-state index is 0.538. The van der Waals surface area contributed by atoms with Crippen LogP contribution in [-0.4, -0.2) is 19.5 Å². The summed E-state index contributed by atoms with van der Waals surface area (Å²) in [5.74, 6) is 1.80. The Hall–Kier alpha value is -13.3. The SMILES string of the molecule is c1ccc(-c2ccc(-c3nc(-c4ccccc4)nc(-c4ccc(-n5c6cc(N(c7ccc(-c8ccccc8)cc7)c7cccc8c7-c7ccccc7C87c8ccccc8-c8ccccc87)ccc6c6c7c(ccc65)oc5c7ccc6c7ccccc7c7ccccc7c65)cc4)n3)cc2)cc1. The third-order valence-electron chi connectivity index (χ3n) is 21.3. The average Bonchev–Trinajstić information content (AvgIpc) is 1.51. The highest BCUT2D eigenvalue weighted by Crippen LogP contribution is 2.65. The summed E-state index contributed by atoms with van der Waals surface area (Å²) >= 11 is 0. The predicted octanol–water partition coefficient (Wildman–Crippen LogP) is 24.5. The molecular weight excluding hydrogens is 1220 g/mol. The molecule has 464 valence electrons. The molecular formula is C94H57N5O. The smallest absolute Gasteiger partial charge is 0.164 e. The van der Waals surface area contributed by atoms with E-state index in [1.165, 1.54) is 77.0 Å². The van der Waals surface area contributed by atoms with Crippen molar-refractivity contribution in [3.05, 3.63) is 368 Å². The van der Waals surface area contributed by atoms with Crippen molar-refractivity contribution in [2.45, 2.75) is 5.41 Å². The van der Waals surface area contributed by atoms with Crippen molar-refractivity contribution in [3.63, 3.8) is 0 Å². The molecule has 3 heterocycles. The van der Waals surface area contributed by atoms with Gasteiger partial charge in [-0.3, -0.25) is 0 Å². The fourth-order valence-electron chi connectivity index (χ4n) is 16.9. The van der Waals surface area contributed by atoms with Gasteiger partial charge in [0, 0.05) is 66.2 Å². The first-order valence-corrected chi connectivity index (χ1v) is 34.2. The monoisotopic (exact) mass is 1270 g/mol. The molecule has 3 aromatic heterocycles. The van der Waals surface area contributed by atoms with Crippen molar-refractivity contribution >= 4 is 93.1 Å². The van der Waals surface area contributed by atoms with Gasteiger partial charge >= 0.3 is 0 Å². The molecule has 0 saturated carbocycles. The second-order valence-electron chi connectivity index (χ2n) is 26.4. The third-order valence-corrected chi connectivity index (χ3v) is 21.3. The molecule has 21 rings (SSSR count). The summed E-state index contributed by atoms with van der Waals surface area (Å²) in [5.41, 5.74) is 24.9. The third kappa shape index (κ3) is 8.22. The number of hydrogen-bond acceptors (Lipinski definition) is 5. The lowest BCUT2D eigenvalue weighted by Crippen LogP contribution is -2.26. The summed E-state index contributed by atoms with van der Waals surface area (Å²) in [4.78, 5) is 18.1. The number of fused-ring (bicyclic) bond motifs is 24. The maximum absolute atomic E-state index is 7.31. The van der Waals surface area contributed by atoms with E-state index in [-0.39, 0.29) is 0 Å². The van der Waals surface area contributed by atoms with Crippen LogP contribution in [0, 0.1) is 0 Å². The first-order chi connectivity index (χ1) is 49.6. The van der Waals surface area contributed by atoms with Gasteiger partial charge in [0.15, 0.2) is 17.5 Å². The zero-order valence-corrected chi connectivity index (χ0v) is 54.1. The molecule has 0 fully saturated rings. The van der Waals surface area contributed by atoms with E-state index in [9.17, 15) is 0 Å². The van der Waals surface area contributed by atoms with Crippen LogP contribution < -0.4 is 4.90 Å². The van der Waals surface area contributed by atoms with E-state index in [4.69, 9.17) is 19.4 Å². The fraction of sp³-hybridized carbons (Fsp3) is 0.0106. The molecule has 0 amide bonds. The predicted molar refractivity (Wildman–Crippen MR) is 412 cm³/mol. The lowest BCUT2D eigenvalue weighted by Gasteiger charge is -2.32. The molecule has 2 aliphatic rings. The number of nitrogens with zero attached hydrogens (tertiary/aromatic N) is 5. The second kappa shape index (κ2) is 21.9. The molecule has 0 atom stereocenters. The van der Waals surface area contributed by atoms with E-state index in [0.717, 1.165) is 105 Å². The quantitative estimate of drug-likeness (QED) is 0.135. The highest BCUT2D eigenvalue weighted by molar-refractivity contribution is 6.35. The maximum Gasteiger partial charge on any atom is 0.164 e. The average molecular weight is 1270 g/mol. The van der Waals surface area contributed by atoms with E-state index in [1.807, 2.05) is 24.3 Å². The molecule has 0 saturated heterocycles. The number of benzene rings is 16. The van der Waals surface area contributed by atoms with Crippen LogP contribution in [0.2, 0.25) is 0 Å². The number of furan rings is 1. The lowest BCUT2D eigenvalue weighted by molar-refractivity contribution is 0.673. The van der Waals surface area contributed by atoms with Gasteiger partial charge in [0.1, 0.15) is 11.2 Å². The minimum atomic E-state index is -0.538. The van der Waals surface area contributed by atoms with Crippen LogP contribution in [0.1, 0.15) is 22.3 Å². The van der Waals surface area contributed by atoms with Gasteiger partial charge in [-0.05, 0) is 161 Å². The summed E-state index contributed by atoms with van der Waals surface area (Å²) < 4.78 is 9.76. The maximum atomic E-state index is 7.31. The van der Waals surface area contributed by atoms with Gasteiger partial charge in [0.25, 0.3) is 0 Å². The molecule has 2 aliphatic carbocycles. The van der Waals surface area contributed by atoms with Gasteiger partial charge in [-0.2, -0.15) is 0 Å². The molecule has 16 aromatic carbocycles. The second-order valence-corrected chi connectivity index (χ2v) is 26.4. The molecule has 0 bridgehead atoms. The number of rotatable bonds is 9. The summed E-state index contributed by atoms with van der Waals surface area (Å²) in [6.07, 6.45) is 0. The number of aromatic nitrogens is 4. The van der Waals surface area contributed by atoms with Crippen molar-refractivity contribution in [1.29, 1.82) is 0 Å². The Morgan fingerprint density at radius 1 is 0.280 bits per heavy atom. The van der Waals surface area contributed by atoms with Gasteiger partial charge < -0.3 is 13.9 Å². The van der Waals surface area contributed by atoms with E-state index in [1.54, 1.807) is 0 Å². The Morgan fingerprint density at radius 3 is 1.32 bits per heavy atom. The molecule has 0 N–H and O–H groups in total. The minimum Gasteiger partial charge on any atom is -0.455 e. The molecule has 6 heteroatoms. The lowest BCUT2D eigenvalue weighted by atomic mass is 9.70. The van der Waals surface area contributed by atoms with Crippen molar-refractivity contribution in [1.82, 2.24) is 19.5 Å². The summed E-state index contributed by atoms with van der Waals surface area (Å²) in [6.45, 7) is 0. The van der Waals surface area contributed by atoms with Crippen LogP contribution in [0.15, 0.2) is 350 Å². The zero-order valence-electron chi connectivity index (χ0n) is 54.1. The molecule has 19 aromatic rings. The van der Waals surface area contributed by atoms with Crippen LogP contribution >= 0.6 is 0 Å². The van der Waals surface area contributed by atoms with E-state index in [2.05, 4.69) is 331 Å². The first-order valence-electron chi connectivity index (χ1n) is 34.2. The van der Waals surface area contributed by atoms with Crippen LogP contribution in [0.3, 0.4) is 0 Å². The van der Waals surface area contributed by atoms with Crippen LogP contribution in [0.5, 0.6) is 0 Å². The standard InChI is InChI=1S/C94H57N5O/c1-4-21-58(22-5-1)60-39-41-63(42-40-60)92-95-91(62-25-8-3-9-26-62)96-93(97-92)64-45-49-66(50-46-64)99-83-55-56-85-89(77-54-53-74-70-29-11-10-27-68(70)69-28-12-13-32-73(69)86(74)90(77)100-85)88(83)76-52-51-67(57-84(76)99)98(65-47-43-61(44-48-65)59-23-6-2-7-24-59)82-38-20-37-81-87(82)75-33-16-19-36-80(75)94(81)78-34-17-14-30-71(78)72-31-15-18-35-79(72)94/h1-57H. The Labute approximate surface area is 576 Å². The summed E-state index contributed by atoms with van der Waals surface area (Å²) in [7, 11) is 0. The van der Waals surface area contributed by atoms with Gasteiger partial charge in [-0.25, -0.2) is 15.0 Å². The van der Waals surface area contributed by atoms with Crippen LogP contribution in [0.25, 0.3) is 160 Å². The van der Waals surface area contributed by atoms with Crippen molar-refractivity contribution in [2.75, 3.05) is 4.90 Å². The van der Waals surface area contributed by atoms with Crippen LogP contribution in [-0.2, 0) is 5.41 Å².